The molecule has 0 fully saturated rings. The van der Waals surface area contributed by atoms with Gasteiger partial charge in [0.1, 0.15) is 5.01 Å². The number of hydrogen-bond donors (Lipinski definition) is 1. The highest BCUT2D eigenvalue weighted by atomic mass is 79.9. The highest BCUT2D eigenvalue weighted by Gasteiger charge is 2.07. The molecular formula is C13H9BrN2S. The summed E-state index contributed by atoms with van der Waals surface area (Å²) >= 11 is 5.06. The van der Waals surface area contributed by atoms with E-state index in [1.54, 1.807) is 11.3 Å². The second-order valence-electron chi connectivity index (χ2n) is 3.72. The van der Waals surface area contributed by atoms with Gasteiger partial charge in [0.2, 0.25) is 0 Å². The molecule has 1 heterocycles. The molecule has 0 aliphatic carbocycles. The molecule has 0 radical (unpaired) electrons. The fourth-order valence-corrected chi connectivity index (χ4v) is 2.95. The van der Waals surface area contributed by atoms with Gasteiger partial charge < -0.3 is 5.73 Å². The normalized spacial score (nSPS) is 10.9. The Hall–Kier alpha value is -1.39. The van der Waals surface area contributed by atoms with E-state index in [1.165, 1.54) is 0 Å². The van der Waals surface area contributed by atoms with E-state index in [0.29, 0.717) is 0 Å². The first-order valence-corrected chi connectivity index (χ1v) is 6.76. The summed E-state index contributed by atoms with van der Waals surface area (Å²) in [5.74, 6) is 0. The highest BCUT2D eigenvalue weighted by Crippen LogP contribution is 2.33. The lowest BCUT2D eigenvalue weighted by Crippen LogP contribution is -1.82. The van der Waals surface area contributed by atoms with Crippen LogP contribution in [0.1, 0.15) is 0 Å². The summed E-state index contributed by atoms with van der Waals surface area (Å²) in [6, 6.07) is 14.0. The molecule has 3 aromatic rings. The van der Waals surface area contributed by atoms with E-state index in [2.05, 4.69) is 33.0 Å². The molecule has 2 aromatic carbocycles. The number of rotatable bonds is 1. The Kier molecular flexibility index (Phi) is 2.61. The van der Waals surface area contributed by atoms with Crippen molar-refractivity contribution < 1.29 is 0 Å². The monoisotopic (exact) mass is 304 g/mol. The first-order chi connectivity index (χ1) is 8.24. The Morgan fingerprint density at radius 1 is 1.06 bits per heavy atom. The number of nitrogens with zero attached hydrogens (tertiary/aromatic N) is 1. The number of hydrogen-bond acceptors (Lipinski definition) is 3. The molecule has 0 spiro atoms. The summed E-state index contributed by atoms with van der Waals surface area (Å²) < 4.78 is 2.13. The van der Waals surface area contributed by atoms with Crippen molar-refractivity contribution in [2.75, 3.05) is 5.73 Å². The summed E-state index contributed by atoms with van der Waals surface area (Å²) in [6.07, 6.45) is 0. The third-order valence-corrected chi connectivity index (χ3v) is 4.23. The van der Waals surface area contributed by atoms with Crippen molar-refractivity contribution in [3.63, 3.8) is 0 Å². The average molecular weight is 305 g/mol. The number of nitrogen functional groups attached to an aromatic ring is 1. The predicted molar refractivity (Wildman–Crippen MR) is 77.2 cm³/mol. The van der Waals surface area contributed by atoms with Gasteiger partial charge in [0.05, 0.1) is 15.9 Å². The minimum absolute atomic E-state index is 0.795. The molecule has 0 aliphatic rings. The smallest absolute Gasteiger partial charge is 0.124 e. The van der Waals surface area contributed by atoms with Crippen LogP contribution >= 0.6 is 27.3 Å². The van der Waals surface area contributed by atoms with Crippen LogP contribution in [0, 0.1) is 0 Å². The third kappa shape index (κ3) is 1.94. The first-order valence-electron chi connectivity index (χ1n) is 5.15. The molecule has 17 heavy (non-hydrogen) atoms. The second kappa shape index (κ2) is 4.13. The van der Waals surface area contributed by atoms with Crippen molar-refractivity contribution in [1.82, 2.24) is 4.98 Å². The number of nitrogens with two attached hydrogens (primary N) is 1. The maximum atomic E-state index is 5.93. The van der Waals surface area contributed by atoms with Crippen molar-refractivity contribution in [2.45, 2.75) is 0 Å². The van der Waals surface area contributed by atoms with Gasteiger partial charge in [-0.15, -0.1) is 11.3 Å². The lowest BCUT2D eigenvalue weighted by atomic mass is 10.2. The van der Waals surface area contributed by atoms with Crippen LogP contribution in [0.3, 0.4) is 0 Å². The zero-order chi connectivity index (χ0) is 11.8. The molecular weight excluding hydrogens is 296 g/mol. The van der Waals surface area contributed by atoms with Gasteiger partial charge in [0, 0.05) is 10.0 Å². The van der Waals surface area contributed by atoms with Gasteiger partial charge in [-0.2, -0.15) is 0 Å². The second-order valence-corrected chi connectivity index (χ2v) is 5.64. The van der Waals surface area contributed by atoms with E-state index < -0.39 is 0 Å². The van der Waals surface area contributed by atoms with Crippen LogP contribution in [0.5, 0.6) is 0 Å². The molecule has 0 saturated heterocycles. The molecule has 84 valence electrons. The summed E-state index contributed by atoms with van der Waals surface area (Å²) in [7, 11) is 0. The Morgan fingerprint density at radius 2 is 1.82 bits per heavy atom. The maximum absolute atomic E-state index is 5.93. The van der Waals surface area contributed by atoms with Crippen LogP contribution in [-0.2, 0) is 0 Å². The summed E-state index contributed by atoms with van der Waals surface area (Å²) in [6.45, 7) is 0. The van der Waals surface area contributed by atoms with Crippen LogP contribution in [-0.4, -0.2) is 4.98 Å². The molecule has 0 bridgehead atoms. The molecule has 0 saturated carbocycles. The molecule has 1 aromatic heterocycles. The Morgan fingerprint density at radius 3 is 2.53 bits per heavy atom. The van der Waals surface area contributed by atoms with E-state index in [1.807, 2.05) is 30.3 Å². The average Bonchev–Trinajstić information content (AvgIpc) is 2.75. The van der Waals surface area contributed by atoms with Gasteiger partial charge in [-0.3, -0.25) is 0 Å². The number of halogens is 1. The number of fused-ring (bicyclic) bond motifs is 1. The van der Waals surface area contributed by atoms with Gasteiger partial charge in [-0.25, -0.2) is 4.98 Å². The predicted octanol–water partition coefficient (Wildman–Crippen LogP) is 4.31. The fraction of sp³-hybridized carbons (Fsp3) is 0. The third-order valence-electron chi connectivity index (χ3n) is 2.54. The molecule has 3 rings (SSSR count). The van der Waals surface area contributed by atoms with Crippen molar-refractivity contribution in [2.24, 2.45) is 0 Å². The van der Waals surface area contributed by atoms with Crippen molar-refractivity contribution >= 4 is 43.2 Å². The Bertz CT molecular complexity index is 673. The number of anilines is 1. The lowest BCUT2D eigenvalue weighted by molar-refractivity contribution is 1.47. The molecule has 0 amide bonds. The SMILES string of the molecule is Nc1cccc2nc(-c3ccc(Br)cc3)sc12. The van der Waals surface area contributed by atoms with Gasteiger partial charge in [0.25, 0.3) is 0 Å². The minimum atomic E-state index is 0.795. The quantitative estimate of drug-likeness (QED) is 0.680. The van der Waals surface area contributed by atoms with Gasteiger partial charge in [-0.05, 0) is 24.3 Å². The van der Waals surface area contributed by atoms with Gasteiger partial charge in [-0.1, -0.05) is 34.1 Å². The highest BCUT2D eigenvalue weighted by molar-refractivity contribution is 9.10. The summed E-state index contributed by atoms with van der Waals surface area (Å²) in [5, 5.41) is 1.01. The van der Waals surface area contributed by atoms with E-state index in [-0.39, 0.29) is 0 Å². The maximum Gasteiger partial charge on any atom is 0.124 e. The van der Waals surface area contributed by atoms with Crippen molar-refractivity contribution in [3.05, 3.63) is 46.9 Å². The molecule has 0 aliphatic heterocycles. The van der Waals surface area contributed by atoms with Crippen LogP contribution in [0.2, 0.25) is 0 Å². The Labute approximate surface area is 111 Å². The lowest BCUT2D eigenvalue weighted by Gasteiger charge is -1.95. The van der Waals surface area contributed by atoms with Crippen LogP contribution in [0.25, 0.3) is 20.8 Å². The number of aromatic nitrogens is 1. The summed E-state index contributed by atoms with van der Waals surface area (Å²) in [4.78, 5) is 4.60. The molecule has 2 nitrogen and oxygen atoms in total. The zero-order valence-corrected chi connectivity index (χ0v) is 11.3. The number of thiazole rings is 1. The Balaban J connectivity index is 2.18. The van der Waals surface area contributed by atoms with Crippen molar-refractivity contribution in [3.8, 4) is 10.6 Å². The zero-order valence-electron chi connectivity index (χ0n) is 8.85. The van der Waals surface area contributed by atoms with Crippen molar-refractivity contribution in [1.29, 1.82) is 0 Å². The van der Waals surface area contributed by atoms with E-state index >= 15 is 0 Å². The standard InChI is InChI=1S/C13H9BrN2S/c14-9-6-4-8(5-7-9)13-16-11-3-1-2-10(15)12(11)17-13/h1-7H,15H2. The van der Waals surface area contributed by atoms with E-state index in [0.717, 1.165) is 30.9 Å². The molecule has 2 N–H and O–H groups in total. The molecule has 0 atom stereocenters. The first kappa shape index (κ1) is 10.7. The van der Waals surface area contributed by atoms with Crippen LogP contribution < -0.4 is 5.73 Å². The van der Waals surface area contributed by atoms with Gasteiger partial charge in [0.15, 0.2) is 0 Å². The largest absolute Gasteiger partial charge is 0.398 e. The number of benzene rings is 2. The minimum Gasteiger partial charge on any atom is -0.398 e. The van der Waals surface area contributed by atoms with E-state index in [9.17, 15) is 0 Å². The van der Waals surface area contributed by atoms with E-state index in [4.69, 9.17) is 5.73 Å². The summed E-state index contributed by atoms with van der Waals surface area (Å²) in [5.41, 5.74) is 8.81. The van der Waals surface area contributed by atoms with Gasteiger partial charge >= 0.3 is 0 Å². The topological polar surface area (TPSA) is 38.9 Å². The van der Waals surface area contributed by atoms with Crippen LogP contribution in [0.4, 0.5) is 5.69 Å². The van der Waals surface area contributed by atoms with Crippen LogP contribution in [0.15, 0.2) is 46.9 Å². The fourth-order valence-electron chi connectivity index (χ4n) is 1.69. The molecule has 4 heteroatoms. The molecule has 0 unspecified atom stereocenters.